The highest BCUT2D eigenvalue weighted by atomic mass is 32.1. The van der Waals surface area contributed by atoms with Crippen molar-refractivity contribution < 1.29 is 23.9 Å². The van der Waals surface area contributed by atoms with E-state index in [1.807, 2.05) is 41.8 Å². The first-order valence-electron chi connectivity index (χ1n) is 10.3. The standard InChI is InChI=1S/C23H25N3O5S2/c1-3-26(13-20(27)24-12-19-5-4-10-32-19)21(28)14-31-22(29)11-17-15-33-23(25-17)16-6-8-18(30-2)9-7-16/h4-10,15H,3,11-14H2,1-2H3,(H,24,27). The summed E-state index contributed by atoms with van der Waals surface area (Å²) >= 11 is 2.97. The van der Waals surface area contributed by atoms with Crippen LogP contribution in [0, 0.1) is 0 Å². The quantitative estimate of drug-likeness (QED) is 0.418. The molecule has 0 aliphatic carbocycles. The molecular weight excluding hydrogens is 462 g/mol. The Labute approximate surface area is 200 Å². The van der Waals surface area contributed by atoms with E-state index >= 15 is 0 Å². The molecule has 0 spiro atoms. The number of thiazole rings is 1. The third kappa shape index (κ3) is 7.40. The van der Waals surface area contributed by atoms with Crippen molar-refractivity contribution in [3.63, 3.8) is 0 Å². The summed E-state index contributed by atoms with van der Waals surface area (Å²) in [4.78, 5) is 43.5. The van der Waals surface area contributed by atoms with Gasteiger partial charge in [0.25, 0.3) is 5.91 Å². The Bertz CT molecular complexity index is 1060. The summed E-state index contributed by atoms with van der Waals surface area (Å²) in [5, 5.41) is 7.28. The highest BCUT2D eigenvalue weighted by molar-refractivity contribution is 7.13. The fourth-order valence-electron chi connectivity index (χ4n) is 2.89. The Morgan fingerprint density at radius 1 is 1.12 bits per heavy atom. The molecule has 0 saturated heterocycles. The molecule has 10 heteroatoms. The molecule has 174 valence electrons. The topological polar surface area (TPSA) is 97.8 Å². The third-order valence-corrected chi connectivity index (χ3v) is 6.50. The Balaban J connectivity index is 1.43. The number of hydrogen-bond acceptors (Lipinski definition) is 8. The molecule has 0 unspecified atom stereocenters. The summed E-state index contributed by atoms with van der Waals surface area (Å²) in [6, 6.07) is 11.3. The minimum Gasteiger partial charge on any atom is -0.497 e. The van der Waals surface area contributed by atoms with Crippen LogP contribution in [0.4, 0.5) is 0 Å². The van der Waals surface area contributed by atoms with Gasteiger partial charge in [0.1, 0.15) is 10.8 Å². The molecule has 0 atom stereocenters. The summed E-state index contributed by atoms with van der Waals surface area (Å²) in [5.74, 6) is -0.481. The van der Waals surface area contributed by atoms with Crippen LogP contribution >= 0.6 is 22.7 Å². The number of amides is 2. The van der Waals surface area contributed by atoms with Crippen LogP contribution in [0.1, 0.15) is 17.5 Å². The van der Waals surface area contributed by atoms with Crippen LogP contribution in [0.15, 0.2) is 47.2 Å². The summed E-state index contributed by atoms with van der Waals surface area (Å²) in [6.07, 6.45) is -0.0344. The maximum atomic E-state index is 12.4. The lowest BCUT2D eigenvalue weighted by atomic mass is 10.2. The Hall–Kier alpha value is -3.24. The number of carbonyl (C=O) groups excluding carboxylic acids is 3. The van der Waals surface area contributed by atoms with Crippen LogP contribution < -0.4 is 10.1 Å². The van der Waals surface area contributed by atoms with Crippen LogP contribution in [-0.4, -0.2) is 54.5 Å². The number of benzene rings is 1. The van der Waals surface area contributed by atoms with Gasteiger partial charge in [0.15, 0.2) is 6.61 Å². The molecule has 3 aromatic rings. The first-order valence-corrected chi connectivity index (χ1v) is 12.1. The van der Waals surface area contributed by atoms with Crippen LogP contribution in [0.25, 0.3) is 10.6 Å². The largest absolute Gasteiger partial charge is 0.497 e. The van der Waals surface area contributed by atoms with Crippen molar-refractivity contribution >= 4 is 40.5 Å². The molecule has 0 bridgehead atoms. The average molecular weight is 488 g/mol. The van der Waals surface area contributed by atoms with Crippen LogP contribution in [0.2, 0.25) is 0 Å². The normalized spacial score (nSPS) is 10.5. The molecule has 2 amide bonds. The zero-order valence-corrected chi connectivity index (χ0v) is 20.0. The van der Waals surface area contributed by atoms with E-state index in [1.54, 1.807) is 30.8 Å². The van der Waals surface area contributed by atoms with E-state index in [1.165, 1.54) is 16.2 Å². The number of carbonyl (C=O) groups is 3. The van der Waals surface area contributed by atoms with Gasteiger partial charge in [-0.2, -0.15) is 0 Å². The number of likely N-dealkylation sites (N-methyl/N-ethyl adjacent to an activating group) is 1. The first kappa shape index (κ1) is 24.4. The van der Waals surface area contributed by atoms with Crippen molar-refractivity contribution in [1.82, 2.24) is 15.2 Å². The van der Waals surface area contributed by atoms with Crippen molar-refractivity contribution in [3.8, 4) is 16.3 Å². The second-order valence-electron chi connectivity index (χ2n) is 6.97. The summed E-state index contributed by atoms with van der Waals surface area (Å²) in [6.45, 7) is 2.02. The number of nitrogens with one attached hydrogen (secondary N) is 1. The van der Waals surface area contributed by atoms with E-state index in [0.29, 0.717) is 18.8 Å². The van der Waals surface area contributed by atoms with E-state index in [0.717, 1.165) is 21.2 Å². The number of methoxy groups -OCH3 is 1. The molecule has 2 aromatic heterocycles. The highest BCUT2D eigenvalue weighted by Crippen LogP contribution is 2.25. The monoisotopic (exact) mass is 487 g/mol. The van der Waals surface area contributed by atoms with E-state index < -0.39 is 18.5 Å². The smallest absolute Gasteiger partial charge is 0.312 e. The van der Waals surface area contributed by atoms with Gasteiger partial charge in [0.05, 0.1) is 32.3 Å². The fraction of sp³-hybridized carbons (Fsp3) is 0.304. The molecule has 0 fully saturated rings. The van der Waals surface area contributed by atoms with Gasteiger partial charge in [0.2, 0.25) is 5.91 Å². The lowest BCUT2D eigenvalue weighted by Crippen LogP contribution is -2.42. The Morgan fingerprint density at radius 3 is 2.58 bits per heavy atom. The number of nitrogens with zero attached hydrogens (tertiary/aromatic N) is 2. The van der Waals surface area contributed by atoms with Gasteiger partial charge < -0.3 is 19.7 Å². The van der Waals surface area contributed by atoms with Gasteiger partial charge in [-0.05, 0) is 42.6 Å². The maximum Gasteiger partial charge on any atom is 0.312 e. The van der Waals surface area contributed by atoms with Crippen molar-refractivity contribution in [2.24, 2.45) is 0 Å². The molecule has 1 aromatic carbocycles. The number of aromatic nitrogens is 1. The lowest BCUT2D eigenvalue weighted by molar-refractivity contribution is -0.152. The molecular formula is C23H25N3O5S2. The zero-order valence-electron chi connectivity index (χ0n) is 18.4. The Morgan fingerprint density at radius 2 is 1.91 bits per heavy atom. The van der Waals surface area contributed by atoms with Gasteiger partial charge in [-0.1, -0.05) is 6.07 Å². The second-order valence-corrected chi connectivity index (χ2v) is 8.86. The second kappa shape index (κ2) is 12.1. The molecule has 3 rings (SSSR count). The van der Waals surface area contributed by atoms with Crippen molar-refractivity contribution in [1.29, 1.82) is 0 Å². The summed E-state index contributed by atoms with van der Waals surface area (Å²) in [5.41, 5.74) is 1.50. The van der Waals surface area contributed by atoms with E-state index in [2.05, 4.69) is 10.3 Å². The summed E-state index contributed by atoms with van der Waals surface area (Å²) in [7, 11) is 1.60. The first-order chi connectivity index (χ1) is 16.0. The SMILES string of the molecule is CCN(CC(=O)NCc1cccs1)C(=O)COC(=O)Cc1csc(-c2ccc(OC)cc2)n1. The van der Waals surface area contributed by atoms with Crippen LogP contribution in [0.3, 0.4) is 0 Å². The molecule has 0 radical (unpaired) electrons. The number of esters is 1. The highest BCUT2D eigenvalue weighted by Gasteiger charge is 2.18. The molecule has 2 heterocycles. The van der Waals surface area contributed by atoms with Crippen LogP contribution in [0.5, 0.6) is 5.75 Å². The zero-order chi connectivity index (χ0) is 23.6. The van der Waals surface area contributed by atoms with Gasteiger partial charge in [-0.15, -0.1) is 22.7 Å². The van der Waals surface area contributed by atoms with E-state index in [4.69, 9.17) is 9.47 Å². The number of ether oxygens (including phenoxy) is 2. The molecule has 0 aliphatic heterocycles. The maximum absolute atomic E-state index is 12.4. The molecule has 1 N–H and O–H groups in total. The number of rotatable bonds is 11. The van der Waals surface area contributed by atoms with Gasteiger partial charge in [-0.25, -0.2) is 4.98 Å². The van der Waals surface area contributed by atoms with E-state index in [9.17, 15) is 14.4 Å². The van der Waals surface area contributed by atoms with Crippen molar-refractivity contribution in [2.45, 2.75) is 19.9 Å². The third-order valence-electron chi connectivity index (χ3n) is 4.68. The average Bonchev–Trinajstić information content (AvgIpc) is 3.52. The van der Waals surface area contributed by atoms with Gasteiger partial charge in [-0.3, -0.25) is 14.4 Å². The fourth-order valence-corrected chi connectivity index (χ4v) is 4.36. The molecule has 0 aliphatic rings. The van der Waals surface area contributed by atoms with Crippen molar-refractivity contribution in [3.05, 3.63) is 57.7 Å². The minimum absolute atomic E-state index is 0.0344. The van der Waals surface area contributed by atoms with Crippen molar-refractivity contribution in [2.75, 3.05) is 26.8 Å². The predicted molar refractivity (Wildman–Crippen MR) is 127 cm³/mol. The van der Waals surface area contributed by atoms with Crippen LogP contribution in [-0.2, 0) is 32.1 Å². The number of hydrogen-bond donors (Lipinski definition) is 1. The summed E-state index contributed by atoms with van der Waals surface area (Å²) < 4.78 is 10.3. The minimum atomic E-state index is -0.548. The number of thiophene rings is 1. The van der Waals surface area contributed by atoms with E-state index in [-0.39, 0.29) is 18.9 Å². The predicted octanol–water partition coefficient (Wildman–Crippen LogP) is 3.13. The Kier molecular flexibility index (Phi) is 8.96. The molecule has 33 heavy (non-hydrogen) atoms. The molecule has 8 nitrogen and oxygen atoms in total. The lowest BCUT2D eigenvalue weighted by Gasteiger charge is -2.20. The van der Waals surface area contributed by atoms with Gasteiger partial charge in [0, 0.05) is 22.4 Å². The van der Waals surface area contributed by atoms with Gasteiger partial charge >= 0.3 is 5.97 Å². The molecule has 0 saturated carbocycles.